The summed E-state index contributed by atoms with van der Waals surface area (Å²) in [7, 11) is 0. The van der Waals surface area contributed by atoms with E-state index in [-0.39, 0.29) is 0 Å². The van der Waals surface area contributed by atoms with Gasteiger partial charge in [0.15, 0.2) is 0 Å². The molecule has 0 bridgehead atoms. The minimum absolute atomic E-state index is 0.498. The largest absolute Gasteiger partial charge is 0.0840 e. The van der Waals surface area contributed by atoms with Gasteiger partial charge in [0.2, 0.25) is 0 Å². The normalized spacial score (nSPS) is 12.2. The van der Waals surface area contributed by atoms with Gasteiger partial charge in [0, 0.05) is 5.03 Å². The van der Waals surface area contributed by atoms with Crippen molar-refractivity contribution in [3.05, 3.63) is 42.0 Å². The van der Waals surface area contributed by atoms with Crippen molar-refractivity contribution in [3.8, 4) is 0 Å². The molecule has 0 spiro atoms. The molecule has 64 valence electrons. The van der Waals surface area contributed by atoms with Crippen LogP contribution in [-0.4, -0.2) is 0 Å². The number of hydrogen-bond acceptors (Lipinski definition) is 0. The molecule has 0 N–H and O–H groups in total. The van der Waals surface area contributed by atoms with Crippen molar-refractivity contribution in [1.29, 1.82) is 0 Å². The van der Waals surface area contributed by atoms with Crippen LogP contribution in [0.1, 0.15) is 19.4 Å². The smallest absolute Gasteiger partial charge is 0.0441 e. The Hall–Kier alpha value is -0.750. The molecule has 0 nitrogen and oxygen atoms in total. The van der Waals surface area contributed by atoms with E-state index in [0.29, 0.717) is 5.92 Å². The van der Waals surface area contributed by atoms with Gasteiger partial charge in [-0.2, -0.15) is 0 Å². The molecule has 12 heavy (non-hydrogen) atoms. The second-order valence-electron chi connectivity index (χ2n) is 3.12. The summed E-state index contributed by atoms with van der Waals surface area (Å²) < 4.78 is 0. The number of halogens is 1. The zero-order chi connectivity index (χ0) is 8.97. The van der Waals surface area contributed by atoms with E-state index < -0.39 is 0 Å². The second-order valence-corrected chi connectivity index (χ2v) is 3.53. The number of benzene rings is 1. The van der Waals surface area contributed by atoms with Gasteiger partial charge in [0.25, 0.3) is 0 Å². The lowest BCUT2D eigenvalue weighted by molar-refractivity contribution is 0.835. The van der Waals surface area contributed by atoms with E-state index in [1.54, 1.807) is 0 Å². The number of rotatable bonds is 2. The Bertz CT molecular complexity index is 260. The molecule has 0 saturated heterocycles. The van der Waals surface area contributed by atoms with E-state index in [1.165, 1.54) is 0 Å². The predicted molar refractivity (Wildman–Crippen MR) is 55.1 cm³/mol. The summed E-state index contributed by atoms with van der Waals surface area (Å²) in [5.74, 6) is 0.498. The van der Waals surface area contributed by atoms with Gasteiger partial charge >= 0.3 is 0 Å². The Balaban J connectivity index is 2.85. The van der Waals surface area contributed by atoms with Gasteiger partial charge in [0.05, 0.1) is 0 Å². The fourth-order valence-electron chi connectivity index (χ4n) is 0.986. The highest BCUT2D eigenvalue weighted by Gasteiger charge is 1.96. The van der Waals surface area contributed by atoms with Crippen molar-refractivity contribution in [2.24, 2.45) is 5.92 Å². The van der Waals surface area contributed by atoms with Crippen molar-refractivity contribution >= 4 is 16.6 Å². The monoisotopic (exact) mass is 180 g/mol. The highest BCUT2D eigenvalue weighted by molar-refractivity contribution is 6.48. The van der Waals surface area contributed by atoms with E-state index in [0.717, 1.165) is 10.6 Å². The van der Waals surface area contributed by atoms with Crippen LogP contribution in [0.3, 0.4) is 0 Å². The molecule has 0 radical (unpaired) electrons. The second kappa shape index (κ2) is 4.32. The van der Waals surface area contributed by atoms with Crippen molar-refractivity contribution in [2.45, 2.75) is 13.8 Å². The molecule has 0 aliphatic heterocycles. The van der Waals surface area contributed by atoms with Gasteiger partial charge in [-0.05, 0) is 11.5 Å². The lowest BCUT2D eigenvalue weighted by Crippen LogP contribution is -1.81. The summed E-state index contributed by atoms with van der Waals surface area (Å²) in [5, 5.41) is 0.839. The standard InChI is InChI=1S/C11H13Cl/c1-9(2)8-11(12)10-6-4-3-5-7-10/h3-9H,1-2H3/b11-8-. The third-order valence-electron chi connectivity index (χ3n) is 1.53. The number of allylic oxidation sites excluding steroid dienone is 1. The first kappa shape index (κ1) is 9.34. The maximum Gasteiger partial charge on any atom is 0.0441 e. The Kier molecular flexibility index (Phi) is 3.36. The fraction of sp³-hybridized carbons (Fsp3) is 0.273. The zero-order valence-electron chi connectivity index (χ0n) is 7.42. The van der Waals surface area contributed by atoms with Crippen molar-refractivity contribution < 1.29 is 0 Å². The molecule has 0 heterocycles. The van der Waals surface area contributed by atoms with E-state index in [1.807, 2.05) is 30.3 Å². The quantitative estimate of drug-likeness (QED) is 0.647. The van der Waals surface area contributed by atoms with Gasteiger partial charge in [-0.1, -0.05) is 61.9 Å². The lowest BCUT2D eigenvalue weighted by atomic mass is 10.1. The Labute approximate surface area is 78.9 Å². The zero-order valence-corrected chi connectivity index (χ0v) is 8.18. The van der Waals surface area contributed by atoms with Crippen molar-refractivity contribution in [2.75, 3.05) is 0 Å². The summed E-state index contributed by atoms with van der Waals surface area (Å²) in [4.78, 5) is 0. The minimum Gasteiger partial charge on any atom is -0.0840 e. The topological polar surface area (TPSA) is 0 Å². The molecule has 1 aromatic carbocycles. The molecule has 0 fully saturated rings. The third kappa shape index (κ3) is 2.71. The maximum atomic E-state index is 6.06. The summed E-state index contributed by atoms with van der Waals surface area (Å²) in [6.07, 6.45) is 2.05. The predicted octanol–water partition coefficient (Wildman–Crippen LogP) is 3.92. The van der Waals surface area contributed by atoms with Crippen LogP contribution in [0.2, 0.25) is 0 Å². The average molecular weight is 181 g/mol. The van der Waals surface area contributed by atoms with E-state index in [4.69, 9.17) is 11.6 Å². The van der Waals surface area contributed by atoms with Crippen LogP contribution in [0, 0.1) is 5.92 Å². The van der Waals surface area contributed by atoms with Gasteiger partial charge in [-0.15, -0.1) is 0 Å². The van der Waals surface area contributed by atoms with Gasteiger partial charge in [0.1, 0.15) is 0 Å². The van der Waals surface area contributed by atoms with Crippen LogP contribution in [0.15, 0.2) is 36.4 Å². The minimum atomic E-state index is 0.498. The first-order chi connectivity index (χ1) is 5.70. The van der Waals surface area contributed by atoms with Gasteiger partial charge in [-0.25, -0.2) is 0 Å². The van der Waals surface area contributed by atoms with Crippen molar-refractivity contribution in [3.63, 3.8) is 0 Å². The Morgan fingerprint density at radius 2 is 1.83 bits per heavy atom. The highest BCUT2D eigenvalue weighted by Crippen LogP contribution is 2.19. The molecule has 0 aliphatic carbocycles. The molecule has 0 amide bonds. The average Bonchev–Trinajstić information content (AvgIpc) is 2.05. The lowest BCUT2D eigenvalue weighted by Gasteiger charge is -2.00. The summed E-state index contributed by atoms with van der Waals surface area (Å²) in [6.45, 7) is 4.23. The molecular weight excluding hydrogens is 168 g/mol. The van der Waals surface area contributed by atoms with E-state index in [2.05, 4.69) is 19.9 Å². The highest BCUT2D eigenvalue weighted by atomic mass is 35.5. The summed E-state index contributed by atoms with van der Waals surface area (Å²) in [5.41, 5.74) is 1.09. The molecule has 0 unspecified atom stereocenters. The molecular formula is C11H13Cl. The van der Waals surface area contributed by atoms with Crippen LogP contribution < -0.4 is 0 Å². The summed E-state index contributed by atoms with van der Waals surface area (Å²) in [6, 6.07) is 10.0. The SMILES string of the molecule is CC(C)/C=C(\Cl)c1ccccc1. The van der Waals surface area contributed by atoms with Crippen LogP contribution in [0.5, 0.6) is 0 Å². The molecule has 0 aromatic heterocycles. The molecule has 1 rings (SSSR count). The van der Waals surface area contributed by atoms with Crippen LogP contribution in [0.25, 0.3) is 5.03 Å². The molecule has 1 aromatic rings. The van der Waals surface area contributed by atoms with Crippen molar-refractivity contribution in [1.82, 2.24) is 0 Å². The number of hydrogen-bond donors (Lipinski definition) is 0. The molecule has 0 atom stereocenters. The van der Waals surface area contributed by atoms with E-state index in [9.17, 15) is 0 Å². The molecule has 1 heteroatoms. The van der Waals surface area contributed by atoms with Crippen LogP contribution >= 0.6 is 11.6 Å². The molecule has 0 saturated carbocycles. The van der Waals surface area contributed by atoms with E-state index >= 15 is 0 Å². The first-order valence-corrected chi connectivity index (χ1v) is 4.50. The van der Waals surface area contributed by atoms with Crippen LogP contribution in [-0.2, 0) is 0 Å². The molecule has 0 aliphatic rings. The fourth-order valence-corrected chi connectivity index (χ4v) is 1.36. The Morgan fingerprint density at radius 3 is 2.33 bits per heavy atom. The summed E-state index contributed by atoms with van der Waals surface area (Å²) >= 11 is 6.06. The van der Waals surface area contributed by atoms with Gasteiger partial charge < -0.3 is 0 Å². The van der Waals surface area contributed by atoms with Gasteiger partial charge in [-0.3, -0.25) is 0 Å². The first-order valence-electron chi connectivity index (χ1n) is 4.13. The maximum absolute atomic E-state index is 6.06. The third-order valence-corrected chi connectivity index (χ3v) is 1.87. The van der Waals surface area contributed by atoms with Crippen LogP contribution in [0.4, 0.5) is 0 Å². The Morgan fingerprint density at radius 1 is 1.25 bits per heavy atom.